The van der Waals surface area contributed by atoms with Crippen LogP contribution >= 0.6 is 11.8 Å². The molecule has 2 N–H and O–H groups in total. The van der Waals surface area contributed by atoms with Crippen LogP contribution in [0.1, 0.15) is 11.7 Å². The zero-order valence-electron chi connectivity index (χ0n) is 8.69. The SMILES string of the molecule is CSc1cccc(O)c1C1CNCCO1. The lowest BCUT2D eigenvalue weighted by Crippen LogP contribution is -2.33. The van der Waals surface area contributed by atoms with Gasteiger partial charge in [0.05, 0.1) is 12.7 Å². The van der Waals surface area contributed by atoms with E-state index in [0.717, 1.165) is 23.5 Å². The Labute approximate surface area is 93.8 Å². The molecule has 2 rings (SSSR count). The highest BCUT2D eigenvalue weighted by molar-refractivity contribution is 7.98. The minimum Gasteiger partial charge on any atom is -0.508 e. The molecule has 1 heterocycles. The van der Waals surface area contributed by atoms with Crippen molar-refractivity contribution in [3.63, 3.8) is 0 Å². The summed E-state index contributed by atoms with van der Waals surface area (Å²) in [6.07, 6.45) is 1.98. The Morgan fingerprint density at radius 1 is 1.53 bits per heavy atom. The zero-order chi connectivity index (χ0) is 10.7. The van der Waals surface area contributed by atoms with Gasteiger partial charge in [-0.1, -0.05) is 6.07 Å². The Morgan fingerprint density at radius 2 is 2.40 bits per heavy atom. The molecule has 82 valence electrons. The van der Waals surface area contributed by atoms with Gasteiger partial charge in [-0.15, -0.1) is 11.8 Å². The maximum Gasteiger partial charge on any atom is 0.122 e. The van der Waals surface area contributed by atoms with E-state index in [2.05, 4.69) is 5.32 Å². The predicted molar refractivity (Wildman–Crippen MR) is 61.5 cm³/mol. The molecule has 0 saturated carbocycles. The van der Waals surface area contributed by atoms with E-state index in [1.807, 2.05) is 18.4 Å². The fourth-order valence-electron chi connectivity index (χ4n) is 1.78. The number of hydrogen-bond donors (Lipinski definition) is 2. The number of benzene rings is 1. The van der Waals surface area contributed by atoms with Crippen LogP contribution < -0.4 is 5.32 Å². The Morgan fingerprint density at radius 3 is 3.07 bits per heavy atom. The lowest BCUT2D eigenvalue weighted by atomic mass is 10.1. The summed E-state index contributed by atoms with van der Waals surface area (Å²) < 4.78 is 5.65. The van der Waals surface area contributed by atoms with E-state index < -0.39 is 0 Å². The maximum atomic E-state index is 9.85. The smallest absolute Gasteiger partial charge is 0.122 e. The van der Waals surface area contributed by atoms with Gasteiger partial charge in [-0.2, -0.15) is 0 Å². The number of hydrogen-bond acceptors (Lipinski definition) is 4. The number of nitrogens with one attached hydrogen (secondary N) is 1. The second kappa shape index (κ2) is 4.88. The molecule has 0 aliphatic carbocycles. The predicted octanol–water partition coefficient (Wildman–Crippen LogP) is 1.78. The summed E-state index contributed by atoms with van der Waals surface area (Å²) in [6, 6.07) is 5.59. The molecule has 1 aromatic rings. The van der Waals surface area contributed by atoms with Gasteiger partial charge in [0, 0.05) is 23.5 Å². The fraction of sp³-hybridized carbons (Fsp3) is 0.455. The van der Waals surface area contributed by atoms with Crippen molar-refractivity contribution in [1.82, 2.24) is 5.32 Å². The Kier molecular flexibility index (Phi) is 3.51. The third-order valence-corrected chi connectivity index (χ3v) is 3.31. The standard InChI is InChI=1S/C11H15NO2S/c1-15-10-4-2-3-8(13)11(10)9-7-12-5-6-14-9/h2-4,9,12-13H,5-7H2,1H3. The van der Waals surface area contributed by atoms with Gasteiger partial charge in [0.1, 0.15) is 5.75 Å². The third-order valence-electron chi connectivity index (χ3n) is 2.51. The molecule has 1 atom stereocenters. The molecule has 1 unspecified atom stereocenters. The van der Waals surface area contributed by atoms with E-state index in [0.29, 0.717) is 12.4 Å². The number of aromatic hydroxyl groups is 1. The van der Waals surface area contributed by atoms with Crippen LogP contribution in [0.2, 0.25) is 0 Å². The molecule has 4 heteroatoms. The number of ether oxygens (including phenoxy) is 1. The largest absolute Gasteiger partial charge is 0.508 e. The normalized spacial score (nSPS) is 21.5. The van der Waals surface area contributed by atoms with E-state index in [1.54, 1.807) is 17.8 Å². The van der Waals surface area contributed by atoms with E-state index in [1.165, 1.54) is 0 Å². The van der Waals surface area contributed by atoms with Gasteiger partial charge in [-0.3, -0.25) is 0 Å². The first-order chi connectivity index (χ1) is 7.33. The molecule has 3 nitrogen and oxygen atoms in total. The molecule has 15 heavy (non-hydrogen) atoms. The number of rotatable bonds is 2. The van der Waals surface area contributed by atoms with Crippen molar-refractivity contribution < 1.29 is 9.84 Å². The zero-order valence-corrected chi connectivity index (χ0v) is 9.51. The molecule has 1 aliphatic heterocycles. The van der Waals surface area contributed by atoms with Crippen molar-refractivity contribution in [1.29, 1.82) is 0 Å². The van der Waals surface area contributed by atoms with Crippen LogP contribution in [-0.4, -0.2) is 31.1 Å². The van der Waals surface area contributed by atoms with Crippen LogP contribution in [0.5, 0.6) is 5.75 Å². The summed E-state index contributed by atoms with van der Waals surface area (Å²) in [4.78, 5) is 1.09. The Hall–Kier alpha value is -0.710. The third kappa shape index (κ3) is 2.27. The van der Waals surface area contributed by atoms with Gasteiger partial charge in [-0.25, -0.2) is 0 Å². The molecule has 0 aromatic heterocycles. The van der Waals surface area contributed by atoms with Gasteiger partial charge in [0.15, 0.2) is 0 Å². The van der Waals surface area contributed by atoms with Crippen LogP contribution in [0.4, 0.5) is 0 Å². The maximum absolute atomic E-state index is 9.85. The first-order valence-corrected chi connectivity index (χ1v) is 6.23. The minimum absolute atomic E-state index is 0.0256. The Balaban J connectivity index is 2.31. The average Bonchev–Trinajstić information content (AvgIpc) is 2.29. The quantitative estimate of drug-likeness (QED) is 0.753. The van der Waals surface area contributed by atoms with Crippen molar-refractivity contribution in [2.75, 3.05) is 26.0 Å². The highest BCUT2D eigenvalue weighted by Crippen LogP contribution is 2.35. The number of phenols is 1. The van der Waals surface area contributed by atoms with E-state index in [4.69, 9.17) is 4.74 Å². The topological polar surface area (TPSA) is 41.5 Å². The van der Waals surface area contributed by atoms with E-state index in [-0.39, 0.29) is 6.10 Å². The molecule has 0 amide bonds. The molecule has 0 spiro atoms. The van der Waals surface area contributed by atoms with Gasteiger partial charge in [-0.05, 0) is 18.4 Å². The molecule has 0 radical (unpaired) electrons. The Bertz CT molecular complexity index is 337. The molecule has 1 aliphatic rings. The molecule has 1 saturated heterocycles. The van der Waals surface area contributed by atoms with E-state index in [9.17, 15) is 5.11 Å². The summed E-state index contributed by atoms with van der Waals surface area (Å²) in [5.41, 5.74) is 0.914. The van der Waals surface area contributed by atoms with Crippen LogP contribution in [0.25, 0.3) is 0 Å². The lowest BCUT2D eigenvalue weighted by molar-refractivity contribution is 0.0246. The summed E-state index contributed by atoms with van der Waals surface area (Å²) in [7, 11) is 0. The van der Waals surface area contributed by atoms with Crippen LogP contribution in [0.15, 0.2) is 23.1 Å². The summed E-state index contributed by atoms with van der Waals surface area (Å²) in [6.45, 7) is 2.36. The monoisotopic (exact) mass is 225 g/mol. The van der Waals surface area contributed by atoms with Crippen molar-refractivity contribution in [2.45, 2.75) is 11.0 Å². The lowest BCUT2D eigenvalue weighted by Gasteiger charge is -2.26. The van der Waals surface area contributed by atoms with Gasteiger partial charge in [0.25, 0.3) is 0 Å². The second-order valence-corrected chi connectivity index (χ2v) is 4.30. The average molecular weight is 225 g/mol. The second-order valence-electron chi connectivity index (χ2n) is 3.46. The first-order valence-electron chi connectivity index (χ1n) is 5.01. The van der Waals surface area contributed by atoms with Crippen molar-refractivity contribution in [3.05, 3.63) is 23.8 Å². The molecule has 0 bridgehead atoms. The van der Waals surface area contributed by atoms with Crippen LogP contribution in [0, 0.1) is 0 Å². The molecular weight excluding hydrogens is 210 g/mol. The van der Waals surface area contributed by atoms with Crippen molar-refractivity contribution in [2.24, 2.45) is 0 Å². The van der Waals surface area contributed by atoms with Crippen LogP contribution in [0.3, 0.4) is 0 Å². The number of thioether (sulfide) groups is 1. The van der Waals surface area contributed by atoms with Gasteiger partial charge in [0.2, 0.25) is 0 Å². The summed E-state index contributed by atoms with van der Waals surface area (Å²) in [5.74, 6) is 0.329. The molecule has 1 fully saturated rings. The summed E-state index contributed by atoms with van der Waals surface area (Å²) >= 11 is 1.64. The van der Waals surface area contributed by atoms with Gasteiger partial charge >= 0.3 is 0 Å². The number of phenolic OH excluding ortho intramolecular Hbond substituents is 1. The highest BCUT2D eigenvalue weighted by Gasteiger charge is 2.21. The van der Waals surface area contributed by atoms with E-state index >= 15 is 0 Å². The first kappa shape index (κ1) is 10.8. The van der Waals surface area contributed by atoms with Crippen molar-refractivity contribution >= 4 is 11.8 Å². The number of morpholine rings is 1. The highest BCUT2D eigenvalue weighted by atomic mass is 32.2. The van der Waals surface area contributed by atoms with Crippen molar-refractivity contribution in [3.8, 4) is 5.75 Å². The summed E-state index contributed by atoms with van der Waals surface area (Å²) in [5, 5.41) is 13.1. The minimum atomic E-state index is -0.0256. The fourth-order valence-corrected chi connectivity index (χ4v) is 2.46. The molecule has 1 aromatic carbocycles. The van der Waals surface area contributed by atoms with Crippen LogP contribution in [-0.2, 0) is 4.74 Å². The van der Waals surface area contributed by atoms with Gasteiger partial charge < -0.3 is 15.2 Å². The molecular formula is C11H15NO2S.